The van der Waals surface area contributed by atoms with Gasteiger partial charge in [0.15, 0.2) is 0 Å². The van der Waals surface area contributed by atoms with Gasteiger partial charge in [0.05, 0.1) is 12.2 Å². The molecule has 0 aromatic carbocycles. The first-order chi connectivity index (χ1) is 8.99. The molecule has 0 bridgehead atoms. The standard InChI is InChI=1S/C16H30O3/c1-14-9-8-10-16(2,3)19-12-7-5-4-6-11-18-15(17)13-14/h14H,4-13H2,1-3H3. The monoisotopic (exact) mass is 270 g/mol. The van der Waals surface area contributed by atoms with Gasteiger partial charge in [0.25, 0.3) is 0 Å². The molecule has 0 spiro atoms. The number of rotatable bonds is 0. The van der Waals surface area contributed by atoms with Crippen LogP contribution in [0, 0.1) is 5.92 Å². The zero-order chi connectivity index (χ0) is 14.1. The zero-order valence-electron chi connectivity index (χ0n) is 12.9. The Kier molecular flexibility index (Phi) is 7.44. The average molecular weight is 270 g/mol. The summed E-state index contributed by atoms with van der Waals surface area (Å²) in [4.78, 5) is 11.6. The molecule has 1 fully saturated rings. The number of hydrogen-bond acceptors (Lipinski definition) is 3. The third kappa shape index (κ3) is 8.25. The van der Waals surface area contributed by atoms with Gasteiger partial charge in [-0.3, -0.25) is 4.79 Å². The quantitative estimate of drug-likeness (QED) is 0.622. The molecule has 3 nitrogen and oxygen atoms in total. The summed E-state index contributed by atoms with van der Waals surface area (Å²) in [7, 11) is 0. The van der Waals surface area contributed by atoms with Gasteiger partial charge >= 0.3 is 5.97 Å². The van der Waals surface area contributed by atoms with E-state index in [-0.39, 0.29) is 11.6 Å². The maximum Gasteiger partial charge on any atom is 0.306 e. The lowest BCUT2D eigenvalue weighted by Crippen LogP contribution is -2.25. The Hall–Kier alpha value is -0.570. The Morgan fingerprint density at radius 3 is 2.47 bits per heavy atom. The van der Waals surface area contributed by atoms with Crippen LogP contribution in [0.4, 0.5) is 0 Å². The predicted octanol–water partition coefficient (Wildman–Crippen LogP) is 4.10. The molecule has 0 saturated carbocycles. The van der Waals surface area contributed by atoms with E-state index < -0.39 is 0 Å². The van der Waals surface area contributed by atoms with Crippen molar-refractivity contribution in [1.29, 1.82) is 0 Å². The molecular formula is C16H30O3. The Bertz CT molecular complexity index is 261. The summed E-state index contributed by atoms with van der Waals surface area (Å²) in [6.07, 6.45) is 8.16. The molecule has 1 atom stereocenters. The minimum Gasteiger partial charge on any atom is -0.466 e. The largest absolute Gasteiger partial charge is 0.466 e. The van der Waals surface area contributed by atoms with E-state index in [1.165, 1.54) is 0 Å². The summed E-state index contributed by atoms with van der Waals surface area (Å²) in [6.45, 7) is 7.90. The lowest BCUT2D eigenvalue weighted by molar-refractivity contribution is -0.144. The third-order valence-electron chi connectivity index (χ3n) is 3.79. The second-order valence-corrected chi connectivity index (χ2v) is 6.44. The SMILES string of the molecule is CC1CCCC(C)(C)OCCCCCCOC(=O)C1. The summed E-state index contributed by atoms with van der Waals surface area (Å²) in [5, 5.41) is 0. The van der Waals surface area contributed by atoms with E-state index in [9.17, 15) is 4.79 Å². The molecule has 1 saturated heterocycles. The number of hydrogen-bond donors (Lipinski definition) is 0. The van der Waals surface area contributed by atoms with E-state index in [1.54, 1.807) is 0 Å². The molecule has 1 unspecified atom stereocenters. The molecule has 1 aliphatic heterocycles. The second-order valence-electron chi connectivity index (χ2n) is 6.44. The maximum absolute atomic E-state index is 11.6. The highest BCUT2D eigenvalue weighted by Crippen LogP contribution is 2.22. The molecule has 0 radical (unpaired) electrons. The van der Waals surface area contributed by atoms with Crippen LogP contribution >= 0.6 is 0 Å². The molecule has 112 valence electrons. The fourth-order valence-electron chi connectivity index (χ4n) is 2.49. The van der Waals surface area contributed by atoms with Crippen molar-refractivity contribution in [3.8, 4) is 0 Å². The molecule has 1 rings (SSSR count). The summed E-state index contributed by atoms with van der Waals surface area (Å²) in [5.41, 5.74) is -0.0274. The van der Waals surface area contributed by atoms with Gasteiger partial charge < -0.3 is 9.47 Å². The molecule has 0 amide bonds. The molecular weight excluding hydrogens is 240 g/mol. The van der Waals surface area contributed by atoms with Gasteiger partial charge in [-0.1, -0.05) is 26.2 Å². The predicted molar refractivity (Wildman–Crippen MR) is 77.1 cm³/mol. The number of cyclic esters (lactones) is 1. The highest BCUT2D eigenvalue weighted by molar-refractivity contribution is 5.69. The van der Waals surface area contributed by atoms with Crippen LogP contribution in [0.25, 0.3) is 0 Å². The highest BCUT2D eigenvalue weighted by Gasteiger charge is 2.19. The number of ether oxygens (including phenoxy) is 2. The van der Waals surface area contributed by atoms with Gasteiger partial charge in [-0.2, -0.15) is 0 Å². The summed E-state index contributed by atoms with van der Waals surface area (Å²) in [5.74, 6) is 0.381. The minimum atomic E-state index is -0.0297. The van der Waals surface area contributed by atoms with Crippen molar-refractivity contribution in [3.05, 3.63) is 0 Å². The van der Waals surface area contributed by atoms with E-state index >= 15 is 0 Å². The smallest absolute Gasteiger partial charge is 0.306 e. The van der Waals surface area contributed by atoms with Crippen molar-refractivity contribution in [1.82, 2.24) is 0 Å². The van der Waals surface area contributed by atoms with Gasteiger partial charge in [0.1, 0.15) is 0 Å². The van der Waals surface area contributed by atoms with Gasteiger partial charge in [-0.05, 0) is 45.4 Å². The maximum atomic E-state index is 11.6. The fraction of sp³-hybridized carbons (Fsp3) is 0.938. The van der Waals surface area contributed by atoms with Crippen LogP contribution in [-0.4, -0.2) is 24.8 Å². The Balaban J connectivity index is 2.41. The minimum absolute atomic E-state index is 0.0274. The number of carbonyl (C=O) groups excluding carboxylic acids is 1. The molecule has 0 aliphatic carbocycles. The Morgan fingerprint density at radius 2 is 1.74 bits per heavy atom. The van der Waals surface area contributed by atoms with E-state index in [4.69, 9.17) is 9.47 Å². The molecule has 3 heteroatoms. The molecule has 1 aliphatic rings. The van der Waals surface area contributed by atoms with E-state index in [0.717, 1.165) is 51.6 Å². The van der Waals surface area contributed by atoms with Crippen LogP contribution in [-0.2, 0) is 14.3 Å². The zero-order valence-corrected chi connectivity index (χ0v) is 12.9. The molecule has 0 aromatic heterocycles. The highest BCUT2D eigenvalue weighted by atomic mass is 16.5. The number of carbonyl (C=O) groups is 1. The average Bonchev–Trinajstić information content (AvgIpc) is 2.31. The van der Waals surface area contributed by atoms with E-state index in [2.05, 4.69) is 20.8 Å². The fourth-order valence-corrected chi connectivity index (χ4v) is 2.49. The normalized spacial score (nSPS) is 27.9. The molecule has 1 heterocycles. The van der Waals surface area contributed by atoms with Gasteiger partial charge in [-0.15, -0.1) is 0 Å². The van der Waals surface area contributed by atoms with Crippen molar-refractivity contribution in [2.24, 2.45) is 5.92 Å². The van der Waals surface area contributed by atoms with Crippen molar-refractivity contribution < 1.29 is 14.3 Å². The van der Waals surface area contributed by atoms with Crippen LogP contribution < -0.4 is 0 Å². The van der Waals surface area contributed by atoms with Gasteiger partial charge in [-0.25, -0.2) is 0 Å². The number of esters is 1. The summed E-state index contributed by atoms with van der Waals surface area (Å²) >= 11 is 0. The molecule has 0 aromatic rings. The van der Waals surface area contributed by atoms with Crippen LogP contribution in [0.1, 0.15) is 72.1 Å². The molecule has 0 N–H and O–H groups in total. The van der Waals surface area contributed by atoms with E-state index in [0.29, 0.717) is 18.9 Å². The first-order valence-electron chi connectivity index (χ1n) is 7.79. The first kappa shape index (κ1) is 16.5. The summed E-state index contributed by atoms with van der Waals surface area (Å²) in [6, 6.07) is 0. The third-order valence-corrected chi connectivity index (χ3v) is 3.79. The van der Waals surface area contributed by atoms with Crippen LogP contribution in [0.2, 0.25) is 0 Å². The second kappa shape index (κ2) is 8.57. The Morgan fingerprint density at radius 1 is 1.05 bits per heavy atom. The van der Waals surface area contributed by atoms with Crippen molar-refractivity contribution in [3.63, 3.8) is 0 Å². The van der Waals surface area contributed by atoms with Gasteiger partial charge in [0, 0.05) is 13.0 Å². The van der Waals surface area contributed by atoms with Crippen molar-refractivity contribution in [2.45, 2.75) is 77.7 Å². The van der Waals surface area contributed by atoms with Crippen molar-refractivity contribution in [2.75, 3.05) is 13.2 Å². The molecule has 19 heavy (non-hydrogen) atoms. The van der Waals surface area contributed by atoms with Crippen LogP contribution in [0.5, 0.6) is 0 Å². The van der Waals surface area contributed by atoms with Crippen LogP contribution in [0.15, 0.2) is 0 Å². The summed E-state index contributed by atoms with van der Waals surface area (Å²) < 4.78 is 11.2. The lowest BCUT2D eigenvalue weighted by Gasteiger charge is -2.26. The van der Waals surface area contributed by atoms with Crippen molar-refractivity contribution >= 4 is 5.97 Å². The van der Waals surface area contributed by atoms with E-state index in [1.807, 2.05) is 0 Å². The van der Waals surface area contributed by atoms with Crippen LogP contribution in [0.3, 0.4) is 0 Å². The lowest BCUT2D eigenvalue weighted by atomic mass is 9.95. The van der Waals surface area contributed by atoms with Gasteiger partial charge in [0.2, 0.25) is 0 Å². The topological polar surface area (TPSA) is 35.5 Å². The first-order valence-corrected chi connectivity index (χ1v) is 7.79. The Labute approximate surface area is 118 Å².